The van der Waals surface area contributed by atoms with Crippen LogP contribution in [-0.2, 0) is 4.74 Å². The van der Waals surface area contributed by atoms with E-state index in [1.807, 2.05) is 0 Å². The van der Waals surface area contributed by atoms with Gasteiger partial charge in [-0.1, -0.05) is 6.92 Å². The first-order valence-electron chi connectivity index (χ1n) is 8.44. The van der Waals surface area contributed by atoms with Gasteiger partial charge >= 0.3 is 0 Å². The highest BCUT2D eigenvalue weighted by atomic mass is 16.5. The number of aliphatic hydroxyl groups excluding tert-OH is 1. The fourth-order valence-electron chi connectivity index (χ4n) is 3.72. The lowest BCUT2D eigenvalue weighted by Gasteiger charge is -2.36. The van der Waals surface area contributed by atoms with Crippen LogP contribution in [0.1, 0.15) is 54.9 Å². The van der Waals surface area contributed by atoms with Crippen LogP contribution in [-0.4, -0.2) is 59.5 Å². The minimum absolute atomic E-state index is 0.136. The van der Waals surface area contributed by atoms with Crippen LogP contribution in [0.5, 0.6) is 0 Å². The predicted octanol–water partition coefficient (Wildman–Crippen LogP) is 2.26. The van der Waals surface area contributed by atoms with Crippen LogP contribution < -0.4 is 5.32 Å². The zero-order chi connectivity index (χ0) is 16.3. The Hall–Kier alpha value is -0.160. The second-order valence-electron chi connectivity index (χ2n) is 7.62. The molecule has 1 aliphatic rings. The van der Waals surface area contributed by atoms with Crippen LogP contribution in [0.4, 0.5) is 0 Å². The topological polar surface area (TPSA) is 44.7 Å². The summed E-state index contributed by atoms with van der Waals surface area (Å²) in [6, 6.07) is 0.839. The van der Waals surface area contributed by atoms with Gasteiger partial charge in [-0.25, -0.2) is 0 Å². The zero-order valence-corrected chi connectivity index (χ0v) is 15.1. The van der Waals surface area contributed by atoms with Crippen molar-refractivity contribution in [2.45, 2.75) is 78.2 Å². The number of aliphatic hydroxyl groups is 1. The van der Waals surface area contributed by atoms with E-state index in [9.17, 15) is 0 Å². The molecule has 4 heteroatoms. The molecule has 0 spiro atoms. The number of nitrogens with zero attached hydrogens (tertiary/aromatic N) is 1. The summed E-state index contributed by atoms with van der Waals surface area (Å²) in [5.74, 6) is 0.438. The second kappa shape index (κ2) is 7.40. The van der Waals surface area contributed by atoms with E-state index in [1.54, 1.807) is 0 Å². The maximum Gasteiger partial charge on any atom is 0.0790 e. The molecule has 2 unspecified atom stereocenters. The average Bonchev–Trinajstić information content (AvgIpc) is 2.51. The summed E-state index contributed by atoms with van der Waals surface area (Å²) >= 11 is 0. The molecule has 1 rings (SSSR count). The Labute approximate surface area is 131 Å². The van der Waals surface area contributed by atoms with Crippen molar-refractivity contribution in [1.29, 1.82) is 0 Å². The molecule has 2 atom stereocenters. The molecule has 4 nitrogen and oxygen atoms in total. The summed E-state index contributed by atoms with van der Waals surface area (Å²) in [5.41, 5.74) is -0.285. The molecule has 2 N–H and O–H groups in total. The van der Waals surface area contributed by atoms with Crippen molar-refractivity contribution >= 4 is 0 Å². The van der Waals surface area contributed by atoms with Gasteiger partial charge in [0.2, 0.25) is 0 Å². The van der Waals surface area contributed by atoms with Gasteiger partial charge in [-0.05, 0) is 54.5 Å². The van der Waals surface area contributed by atoms with E-state index in [-0.39, 0.29) is 17.8 Å². The van der Waals surface area contributed by atoms with Gasteiger partial charge in [-0.15, -0.1) is 0 Å². The van der Waals surface area contributed by atoms with E-state index in [0.29, 0.717) is 18.0 Å². The largest absolute Gasteiger partial charge is 0.396 e. The van der Waals surface area contributed by atoms with E-state index in [1.165, 1.54) is 0 Å². The van der Waals surface area contributed by atoms with E-state index >= 15 is 0 Å². The number of hydrogen-bond donors (Lipinski definition) is 2. The first-order valence-corrected chi connectivity index (χ1v) is 8.44. The fraction of sp³-hybridized carbons (Fsp3) is 1.00. The molecule has 21 heavy (non-hydrogen) atoms. The number of rotatable bonds is 8. The van der Waals surface area contributed by atoms with Crippen molar-refractivity contribution in [3.63, 3.8) is 0 Å². The van der Waals surface area contributed by atoms with Gasteiger partial charge in [0.25, 0.3) is 0 Å². The highest BCUT2D eigenvalue weighted by Crippen LogP contribution is 2.42. The molecule has 0 aromatic carbocycles. The normalized spacial score (nSPS) is 27.7. The Morgan fingerprint density at radius 1 is 1.19 bits per heavy atom. The molecular weight excluding hydrogens is 264 g/mol. The number of ether oxygens (including phenoxy) is 1. The molecular formula is C17H36N2O2. The monoisotopic (exact) mass is 300 g/mol. The Morgan fingerprint density at radius 2 is 1.81 bits per heavy atom. The highest BCUT2D eigenvalue weighted by Gasteiger charge is 2.53. The van der Waals surface area contributed by atoms with E-state index in [4.69, 9.17) is 9.84 Å². The molecule has 1 fully saturated rings. The third-order valence-electron chi connectivity index (χ3n) is 4.76. The van der Waals surface area contributed by atoms with Crippen LogP contribution in [0.25, 0.3) is 0 Å². The van der Waals surface area contributed by atoms with Gasteiger partial charge in [0.05, 0.1) is 11.2 Å². The molecule has 0 amide bonds. The molecule has 126 valence electrons. The van der Waals surface area contributed by atoms with Crippen LogP contribution >= 0.6 is 0 Å². The molecule has 1 aliphatic heterocycles. The summed E-state index contributed by atoms with van der Waals surface area (Å²) in [7, 11) is 0. The van der Waals surface area contributed by atoms with E-state index in [2.05, 4.69) is 58.7 Å². The van der Waals surface area contributed by atoms with Crippen molar-refractivity contribution in [3.8, 4) is 0 Å². The van der Waals surface area contributed by atoms with Gasteiger partial charge in [0, 0.05) is 37.7 Å². The Kier molecular flexibility index (Phi) is 6.66. The highest BCUT2D eigenvalue weighted by molar-refractivity contribution is 5.06. The minimum Gasteiger partial charge on any atom is -0.396 e. The first-order chi connectivity index (χ1) is 9.65. The molecule has 0 bridgehead atoms. The first kappa shape index (κ1) is 18.9. The van der Waals surface area contributed by atoms with Crippen molar-refractivity contribution in [2.75, 3.05) is 26.2 Å². The van der Waals surface area contributed by atoms with Crippen LogP contribution in [0.15, 0.2) is 0 Å². The number of nitrogens with one attached hydrogen (secondary N) is 1. The summed E-state index contributed by atoms with van der Waals surface area (Å²) in [6.07, 6.45) is 0.835. The molecule has 1 saturated heterocycles. The van der Waals surface area contributed by atoms with Gasteiger partial charge in [-0.3, -0.25) is 0 Å². The Bertz CT molecular complexity index is 316. The average molecular weight is 300 g/mol. The van der Waals surface area contributed by atoms with Gasteiger partial charge in [0.15, 0.2) is 0 Å². The van der Waals surface area contributed by atoms with Crippen molar-refractivity contribution in [3.05, 3.63) is 0 Å². The third-order valence-corrected chi connectivity index (χ3v) is 4.76. The van der Waals surface area contributed by atoms with Gasteiger partial charge < -0.3 is 20.1 Å². The summed E-state index contributed by atoms with van der Waals surface area (Å²) in [5, 5.41) is 12.8. The lowest BCUT2D eigenvalue weighted by molar-refractivity contribution is -0.0801. The smallest absolute Gasteiger partial charge is 0.0790 e. The van der Waals surface area contributed by atoms with Crippen molar-refractivity contribution in [2.24, 2.45) is 5.92 Å². The molecule has 0 aromatic heterocycles. The molecule has 1 heterocycles. The Balaban J connectivity index is 2.89. The SMILES string of the molecule is CCNC1C(CN(CCCO)C(C)C)C(C)(C)OC1(C)C. The lowest BCUT2D eigenvalue weighted by Crippen LogP contribution is -2.52. The summed E-state index contributed by atoms with van der Waals surface area (Å²) in [4.78, 5) is 2.47. The predicted molar refractivity (Wildman–Crippen MR) is 88.6 cm³/mol. The maximum atomic E-state index is 9.12. The third kappa shape index (κ3) is 4.65. The fourth-order valence-corrected chi connectivity index (χ4v) is 3.72. The van der Waals surface area contributed by atoms with Crippen molar-refractivity contribution in [1.82, 2.24) is 10.2 Å². The van der Waals surface area contributed by atoms with Gasteiger partial charge in [-0.2, -0.15) is 0 Å². The van der Waals surface area contributed by atoms with Crippen molar-refractivity contribution < 1.29 is 9.84 Å². The Morgan fingerprint density at radius 3 is 2.29 bits per heavy atom. The summed E-state index contributed by atoms with van der Waals surface area (Å²) in [6.45, 7) is 18.6. The van der Waals surface area contributed by atoms with Crippen LogP contribution in [0.2, 0.25) is 0 Å². The second-order valence-corrected chi connectivity index (χ2v) is 7.62. The molecule has 0 saturated carbocycles. The quantitative estimate of drug-likeness (QED) is 0.722. The van der Waals surface area contributed by atoms with E-state index in [0.717, 1.165) is 26.1 Å². The molecule has 0 aliphatic carbocycles. The standard InChI is InChI=1S/C17H36N2O2/c1-8-18-15-14(16(4,5)21-17(15,6)7)12-19(13(2)3)10-9-11-20/h13-15,18,20H,8-12H2,1-7H3. The molecule has 0 aromatic rings. The molecule has 0 radical (unpaired) electrons. The minimum atomic E-state index is -0.149. The number of hydrogen-bond acceptors (Lipinski definition) is 4. The van der Waals surface area contributed by atoms with Crippen LogP contribution in [0.3, 0.4) is 0 Å². The number of likely N-dealkylation sites (N-methyl/N-ethyl adjacent to an activating group) is 1. The van der Waals surface area contributed by atoms with Crippen LogP contribution in [0, 0.1) is 5.92 Å². The van der Waals surface area contributed by atoms with E-state index < -0.39 is 0 Å². The summed E-state index contributed by atoms with van der Waals surface area (Å²) < 4.78 is 6.36. The lowest BCUT2D eigenvalue weighted by atomic mass is 9.82. The maximum absolute atomic E-state index is 9.12. The zero-order valence-electron chi connectivity index (χ0n) is 15.1. The van der Waals surface area contributed by atoms with Gasteiger partial charge in [0.1, 0.15) is 0 Å².